The Balaban J connectivity index is 2.19. The SMILES string of the molecule is CCN(CC)CCCC(C)NC(=O)C1COCC1N. The summed E-state index contributed by atoms with van der Waals surface area (Å²) < 4.78 is 5.22. The monoisotopic (exact) mass is 271 g/mol. The molecule has 1 rings (SSSR count). The Morgan fingerprint density at radius 3 is 2.63 bits per heavy atom. The highest BCUT2D eigenvalue weighted by Gasteiger charge is 2.31. The minimum atomic E-state index is -0.176. The molecule has 3 N–H and O–H groups in total. The van der Waals surface area contributed by atoms with E-state index in [9.17, 15) is 4.79 Å². The zero-order valence-electron chi connectivity index (χ0n) is 12.5. The molecule has 3 atom stereocenters. The summed E-state index contributed by atoms with van der Waals surface area (Å²) in [6.07, 6.45) is 2.11. The van der Waals surface area contributed by atoms with E-state index in [1.807, 2.05) is 0 Å². The maximum atomic E-state index is 12.0. The standard InChI is InChI=1S/C14H29N3O2/c1-4-17(5-2)8-6-7-11(3)16-14(18)12-9-19-10-13(12)15/h11-13H,4-10,15H2,1-3H3,(H,16,18). The van der Waals surface area contributed by atoms with Crippen LogP contribution in [0, 0.1) is 5.92 Å². The molecule has 1 amide bonds. The minimum Gasteiger partial charge on any atom is -0.379 e. The summed E-state index contributed by atoms with van der Waals surface area (Å²) in [5.74, 6) is -0.134. The van der Waals surface area contributed by atoms with Crippen LogP contribution in [-0.2, 0) is 9.53 Å². The molecule has 0 aromatic rings. The van der Waals surface area contributed by atoms with Gasteiger partial charge < -0.3 is 20.7 Å². The van der Waals surface area contributed by atoms with Gasteiger partial charge in [-0.1, -0.05) is 13.8 Å². The molecule has 0 saturated carbocycles. The van der Waals surface area contributed by atoms with Crippen molar-refractivity contribution in [2.24, 2.45) is 11.7 Å². The number of nitrogens with two attached hydrogens (primary N) is 1. The lowest BCUT2D eigenvalue weighted by Crippen LogP contribution is -2.44. The lowest BCUT2D eigenvalue weighted by molar-refractivity contribution is -0.125. The van der Waals surface area contributed by atoms with Crippen molar-refractivity contribution in [3.05, 3.63) is 0 Å². The third kappa shape index (κ3) is 5.47. The maximum absolute atomic E-state index is 12.0. The molecule has 19 heavy (non-hydrogen) atoms. The van der Waals surface area contributed by atoms with Crippen LogP contribution in [-0.4, -0.2) is 55.7 Å². The number of rotatable bonds is 8. The highest BCUT2D eigenvalue weighted by molar-refractivity contribution is 5.80. The first-order valence-corrected chi connectivity index (χ1v) is 7.44. The van der Waals surface area contributed by atoms with Gasteiger partial charge in [0.05, 0.1) is 19.1 Å². The van der Waals surface area contributed by atoms with Crippen molar-refractivity contribution in [3.63, 3.8) is 0 Å². The Hall–Kier alpha value is -0.650. The second-order valence-electron chi connectivity index (χ2n) is 5.39. The summed E-state index contributed by atoms with van der Waals surface area (Å²) in [4.78, 5) is 14.4. The average Bonchev–Trinajstić information content (AvgIpc) is 2.81. The van der Waals surface area contributed by atoms with Gasteiger partial charge >= 0.3 is 0 Å². The van der Waals surface area contributed by atoms with Crippen LogP contribution in [0.15, 0.2) is 0 Å². The van der Waals surface area contributed by atoms with E-state index in [1.54, 1.807) is 0 Å². The van der Waals surface area contributed by atoms with Crippen LogP contribution in [0.2, 0.25) is 0 Å². The number of nitrogens with zero attached hydrogens (tertiary/aromatic N) is 1. The Bertz CT molecular complexity index is 269. The highest BCUT2D eigenvalue weighted by atomic mass is 16.5. The van der Waals surface area contributed by atoms with E-state index in [0.29, 0.717) is 13.2 Å². The van der Waals surface area contributed by atoms with Crippen molar-refractivity contribution in [2.45, 2.75) is 45.7 Å². The summed E-state index contributed by atoms with van der Waals surface area (Å²) in [5, 5.41) is 3.04. The Labute approximate surface area is 116 Å². The van der Waals surface area contributed by atoms with Gasteiger partial charge in [0.2, 0.25) is 5.91 Å². The van der Waals surface area contributed by atoms with E-state index < -0.39 is 0 Å². The molecule has 1 heterocycles. The quantitative estimate of drug-likeness (QED) is 0.678. The molecule has 0 radical (unpaired) electrons. The average molecular weight is 271 g/mol. The largest absolute Gasteiger partial charge is 0.379 e. The van der Waals surface area contributed by atoms with Crippen LogP contribution in [0.4, 0.5) is 0 Å². The highest BCUT2D eigenvalue weighted by Crippen LogP contribution is 2.12. The summed E-state index contributed by atoms with van der Waals surface area (Å²) in [6.45, 7) is 10.6. The summed E-state index contributed by atoms with van der Waals surface area (Å²) in [7, 11) is 0. The van der Waals surface area contributed by atoms with Gasteiger partial charge in [-0.2, -0.15) is 0 Å². The molecule has 5 heteroatoms. The van der Waals surface area contributed by atoms with Crippen LogP contribution < -0.4 is 11.1 Å². The topological polar surface area (TPSA) is 67.6 Å². The zero-order valence-corrected chi connectivity index (χ0v) is 12.5. The van der Waals surface area contributed by atoms with Crippen molar-refractivity contribution in [3.8, 4) is 0 Å². The summed E-state index contributed by atoms with van der Waals surface area (Å²) >= 11 is 0. The second kappa shape index (κ2) is 8.51. The number of carbonyl (C=O) groups excluding carboxylic acids is 1. The molecule has 0 bridgehead atoms. The molecular formula is C14H29N3O2. The first-order chi connectivity index (χ1) is 9.08. The first-order valence-electron chi connectivity index (χ1n) is 7.44. The third-order valence-corrected chi connectivity index (χ3v) is 3.86. The van der Waals surface area contributed by atoms with Crippen molar-refractivity contribution >= 4 is 5.91 Å². The van der Waals surface area contributed by atoms with Crippen LogP contribution in [0.5, 0.6) is 0 Å². The van der Waals surface area contributed by atoms with Gasteiger partial charge in [-0.05, 0) is 39.4 Å². The minimum absolute atomic E-state index is 0.0420. The van der Waals surface area contributed by atoms with Gasteiger partial charge in [0, 0.05) is 12.1 Å². The van der Waals surface area contributed by atoms with E-state index in [-0.39, 0.29) is 23.9 Å². The molecule has 1 aliphatic heterocycles. The molecular weight excluding hydrogens is 242 g/mol. The molecule has 5 nitrogen and oxygen atoms in total. The molecule has 0 aromatic heterocycles. The van der Waals surface area contributed by atoms with Crippen molar-refractivity contribution in [1.82, 2.24) is 10.2 Å². The van der Waals surface area contributed by atoms with Crippen LogP contribution in [0.3, 0.4) is 0 Å². The van der Waals surface area contributed by atoms with Gasteiger partial charge in [-0.15, -0.1) is 0 Å². The smallest absolute Gasteiger partial charge is 0.227 e. The second-order valence-corrected chi connectivity index (χ2v) is 5.39. The van der Waals surface area contributed by atoms with Crippen LogP contribution in [0.1, 0.15) is 33.6 Å². The van der Waals surface area contributed by atoms with Gasteiger partial charge in [0.15, 0.2) is 0 Å². The Kier molecular flexibility index (Phi) is 7.34. The summed E-state index contributed by atoms with van der Waals surface area (Å²) in [5.41, 5.74) is 5.84. The number of amides is 1. The van der Waals surface area contributed by atoms with Crippen molar-refractivity contribution in [2.75, 3.05) is 32.8 Å². The molecule has 1 saturated heterocycles. The van der Waals surface area contributed by atoms with E-state index in [0.717, 1.165) is 32.5 Å². The number of ether oxygens (including phenoxy) is 1. The lowest BCUT2D eigenvalue weighted by atomic mass is 10.0. The third-order valence-electron chi connectivity index (χ3n) is 3.86. The Morgan fingerprint density at radius 2 is 2.11 bits per heavy atom. The predicted molar refractivity (Wildman–Crippen MR) is 76.9 cm³/mol. The van der Waals surface area contributed by atoms with Gasteiger partial charge in [-0.25, -0.2) is 0 Å². The van der Waals surface area contributed by atoms with E-state index in [2.05, 4.69) is 31.0 Å². The number of carbonyl (C=O) groups is 1. The van der Waals surface area contributed by atoms with Gasteiger partial charge in [-0.3, -0.25) is 4.79 Å². The molecule has 3 unspecified atom stereocenters. The Morgan fingerprint density at radius 1 is 1.42 bits per heavy atom. The summed E-state index contributed by atoms with van der Waals surface area (Å²) in [6, 6.07) is 0.0544. The van der Waals surface area contributed by atoms with E-state index in [1.165, 1.54) is 0 Å². The molecule has 0 spiro atoms. The molecule has 1 aliphatic rings. The van der Waals surface area contributed by atoms with Crippen LogP contribution in [0.25, 0.3) is 0 Å². The van der Waals surface area contributed by atoms with Crippen LogP contribution >= 0.6 is 0 Å². The normalized spacial score (nSPS) is 24.7. The number of nitrogens with one attached hydrogen (secondary N) is 1. The molecule has 1 fully saturated rings. The van der Waals surface area contributed by atoms with E-state index >= 15 is 0 Å². The fourth-order valence-corrected chi connectivity index (χ4v) is 2.42. The fourth-order valence-electron chi connectivity index (χ4n) is 2.42. The molecule has 0 aromatic carbocycles. The van der Waals surface area contributed by atoms with Crippen molar-refractivity contribution < 1.29 is 9.53 Å². The fraction of sp³-hybridized carbons (Fsp3) is 0.929. The maximum Gasteiger partial charge on any atom is 0.227 e. The van der Waals surface area contributed by atoms with Gasteiger partial charge in [0.1, 0.15) is 0 Å². The van der Waals surface area contributed by atoms with Gasteiger partial charge in [0.25, 0.3) is 0 Å². The zero-order chi connectivity index (χ0) is 14.3. The lowest BCUT2D eigenvalue weighted by Gasteiger charge is -2.21. The number of hydrogen-bond acceptors (Lipinski definition) is 4. The number of hydrogen-bond donors (Lipinski definition) is 2. The molecule has 0 aliphatic carbocycles. The first kappa shape index (κ1) is 16.4. The predicted octanol–water partition coefficient (Wildman–Crippen LogP) is 0.587. The molecule has 112 valence electrons. The van der Waals surface area contributed by atoms with E-state index in [4.69, 9.17) is 10.5 Å². The van der Waals surface area contributed by atoms with Crippen molar-refractivity contribution in [1.29, 1.82) is 0 Å².